The molecule has 148 valence electrons. The maximum Gasteiger partial charge on any atom is 0.258 e. The number of carbonyl (C=O) groups is 2. The molecule has 2 aromatic rings. The van der Waals surface area contributed by atoms with E-state index in [0.29, 0.717) is 37.2 Å². The number of likely N-dealkylation sites (N-methyl/N-ethyl adjacent to an activating group) is 1. The van der Waals surface area contributed by atoms with Crippen LogP contribution in [-0.4, -0.2) is 52.3 Å². The summed E-state index contributed by atoms with van der Waals surface area (Å²) in [5, 5.41) is 4.19. The van der Waals surface area contributed by atoms with E-state index in [4.69, 9.17) is 4.74 Å². The Kier molecular flexibility index (Phi) is 4.89. The van der Waals surface area contributed by atoms with E-state index in [2.05, 4.69) is 5.10 Å². The van der Waals surface area contributed by atoms with Gasteiger partial charge in [0.1, 0.15) is 12.4 Å². The van der Waals surface area contributed by atoms with Crippen LogP contribution in [0.25, 0.3) is 0 Å². The molecule has 4 rings (SSSR count). The first-order chi connectivity index (χ1) is 13.5. The normalized spacial score (nSPS) is 22.3. The van der Waals surface area contributed by atoms with Crippen molar-refractivity contribution >= 4 is 17.5 Å². The molecular formula is C20H23FN4O3. The Bertz CT molecular complexity index is 913. The summed E-state index contributed by atoms with van der Waals surface area (Å²) in [4.78, 5) is 29.2. The molecule has 2 amide bonds. The minimum Gasteiger partial charge on any atom is -0.356 e. The maximum atomic E-state index is 14.2. The summed E-state index contributed by atoms with van der Waals surface area (Å²) in [6, 6.07) is 4.23. The van der Waals surface area contributed by atoms with Crippen LogP contribution in [0.5, 0.6) is 0 Å². The molecule has 0 saturated carbocycles. The third kappa shape index (κ3) is 3.07. The number of rotatable bonds is 3. The first-order valence-electron chi connectivity index (χ1n) is 9.49. The molecule has 0 bridgehead atoms. The zero-order valence-corrected chi connectivity index (χ0v) is 16.0. The highest BCUT2D eigenvalue weighted by atomic mass is 19.1. The predicted molar refractivity (Wildman–Crippen MR) is 100 cm³/mol. The number of aromatic nitrogens is 2. The number of nitrogens with zero attached hydrogens (tertiary/aromatic N) is 4. The average molecular weight is 386 g/mol. The maximum absolute atomic E-state index is 14.2. The molecule has 1 aromatic heterocycles. The van der Waals surface area contributed by atoms with Gasteiger partial charge in [-0.15, -0.1) is 0 Å². The molecule has 7 nitrogen and oxygen atoms in total. The number of fused-ring (bicyclic) bond motifs is 1. The molecule has 28 heavy (non-hydrogen) atoms. The van der Waals surface area contributed by atoms with Gasteiger partial charge in [-0.3, -0.25) is 14.3 Å². The van der Waals surface area contributed by atoms with Crippen molar-refractivity contribution in [2.24, 2.45) is 7.05 Å². The first-order valence-corrected chi connectivity index (χ1v) is 9.49. The van der Waals surface area contributed by atoms with Crippen molar-refractivity contribution in [1.82, 2.24) is 14.7 Å². The number of hydrogen-bond acceptors (Lipinski definition) is 4. The molecule has 0 aliphatic carbocycles. The van der Waals surface area contributed by atoms with Gasteiger partial charge in [-0.2, -0.15) is 5.10 Å². The smallest absolute Gasteiger partial charge is 0.258 e. The molecule has 2 atom stereocenters. The Morgan fingerprint density at radius 2 is 2.21 bits per heavy atom. The minimum absolute atomic E-state index is 0.148. The van der Waals surface area contributed by atoms with Crippen LogP contribution in [0.15, 0.2) is 30.6 Å². The van der Waals surface area contributed by atoms with Gasteiger partial charge in [0.2, 0.25) is 5.91 Å². The third-order valence-corrected chi connectivity index (χ3v) is 5.44. The van der Waals surface area contributed by atoms with Crippen LogP contribution >= 0.6 is 0 Å². The van der Waals surface area contributed by atoms with Gasteiger partial charge < -0.3 is 14.5 Å². The average Bonchev–Trinajstić information content (AvgIpc) is 3.13. The number of ether oxygens (including phenoxy) is 1. The van der Waals surface area contributed by atoms with Crippen molar-refractivity contribution in [2.45, 2.75) is 31.9 Å². The van der Waals surface area contributed by atoms with Gasteiger partial charge in [-0.05, 0) is 31.9 Å². The van der Waals surface area contributed by atoms with Crippen LogP contribution in [0.1, 0.15) is 30.5 Å². The standard InChI is InChI=1S/C20H23FN4O3/c1-3-24-17(26)12-28-19(18(24)13-10-22-23(2)11-13)20(27)25-9-5-6-14-15(21)7-4-8-16(14)25/h4,7-8,10-11,18-19H,3,5-6,9,12H2,1-2H3/t18-,19+/m1/s1. The number of amides is 2. The van der Waals surface area contributed by atoms with Crippen LogP contribution < -0.4 is 4.90 Å². The van der Waals surface area contributed by atoms with Crippen molar-refractivity contribution in [3.63, 3.8) is 0 Å². The lowest BCUT2D eigenvalue weighted by atomic mass is 9.96. The molecule has 1 saturated heterocycles. The summed E-state index contributed by atoms with van der Waals surface area (Å²) in [5.74, 6) is -0.717. The van der Waals surface area contributed by atoms with Gasteiger partial charge >= 0.3 is 0 Å². The fourth-order valence-corrected chi connectivity index (χ4v) is 4.15. The number of aryl methyl sites for hydroxylation is 1. The Morgan fingerprint density at radius 3 is 2.93 bits per heavy atom. The van der Waals surface area contributed by atoms with E-state index in [1.165, 1.54) is 6.07 Å². The fourth-order valence-electron chi connectivity index (χ4n) is 4.15. The fraction of sp³-hybridized carbons (Fsp3) is 0.450. The highest BCUT2D eigenvalue weighted by molar-refractivity contribution is 5.99. The quantitative estimate of drug-likeness (QED) is 0.807. The van der Waals surface area contributed by atoms with Crippen molar-refractivity contribution in [3.05, 3.63) is 47.5 Å². The SMILES string of the molecule is CCN1C(=O)CO[C@H](C(=O)N2CCCc3c(F)cccc32)[C@H]1c1cnn(C)c1. The zero-order chi connectivity index (χ0) is 19.8. The number of morpholine rings is 1. The zero-order valence-electron chi connectivity index (χ0n) is 16.0. The monoisotopic (exact) mass is 386 g/mol. The van der Waals surface area contributed by atoms with Crippen molar-refractivity contribution in [3.8, 4) is 0 Å². The second-order valence-electron chi connectivity index (χ2n) is 7.13. The van der Waals surface area contributed by atoms with E-state index in [1.807, 2.05) is 6.92 Å². The molecule has 0 N–H and O–H groups in total. The molecule has 1 fully saturated rings. The van der Waals surface area contributed by atoms with Gasteiger partial charge in [0.25, 0.3) is 5.91 Å². The second kappa shape index (κ2) is 7.35. The lowest BCUT2D eigenvalue weighted by molar-refractivity contribution is -0.163. The Labute approximate surface area is 162 Å². The molecule has 2 aliphatic rings. The molecular weight excluding hydrogens is 363 g/mol. The summed E-state index contributed by atoms with van der Waals surface area (Å²) in [6.45, 7) is 2.68. The summed E-state index contributed by atoms with van der Waals surface area (Å²) in [7, 11) is 1.78. The minimum atomic E-state index is -0.865. The van der Waals surface area contributed by atoms with Crippen LogP contribution in [-0.2, 0) is 27.8 Å². The van der Waals surface area contributed by atoms with Gasteiger partial charge in [0.05, 0.1) is 12.2 Å². The van der Waals surface area contributed by atoms with Gasteiger partial charge in [-0.1, -0.05) is 6.07 Å². The molecule has 0 radical (unpaired) electrons. The summed E-state index contributed by atoms with van der Waals surface area (Å²) < 4.78 is 21.6. The van der Waals surface area contributed by atoms with Crippen molar-refractivity contribution in [2.75, 3.05) is 24.6 Å². The summed E-state index contributed by atoms with van der Waals surface area (Å²) in [6.07, 6.45) is 3.86. The number of benzene rings is 1. The van der Waals surface area contributed by atoms with Gasteiger partial charge in [-0.25, -0.2) is 4.39 Å². The van der Waals surface area contributed by atoms with E-state index in [0.717, 1.165) is 5.56 Å². The summed E-state index contributed by atoms with van der Waals surface area (Å²) in [5.41, 5.74) is 1.89. The number of carbonyl (C=O) groups excluding carboxylic acids is 2. The molecule has 8 heteroatoms. The van der Waals surface area contributed by atoms with Crippen LogP contribution in [0.3, 0.4) is 0 Å². The molecule has 3 heterocycles. The second-order valence-corrected chi connectivity index (χ2v) is 7.13. The summed E-state index contributed by atoms with van der Waals surface area (Å²) >= 11 is 0. The molecule has 0 spiro atoms. The number of halogens is 1. The van der Waals surface area contributed by atoms with E-state index in [1.54, 1.807) is 46.1 Å². The molecule has 0 unspecified atom stereocenters. The molecule has 2 aliphatic heterocycles. The molecule has 1 aromatic carbocycles. The highest BCUT2D eigenvalue weighted by Gasteiger charge is 2.44. The largest absolute Gasteiger partial charge is 0.356 e. The Morgan fingerprint density at radius 1 is 1.39 bits per heavy atom. The van der Waals surface area contributed by atoms with Crippen LogP contribution in [0, 0.1) is 5.82 Å². The van der Waals surface area contributed by atoms with Crippen LogP contribution in [0.2, 0.25) is 0 Å². The van der Waals surface area contributed by atoms with Gasteiger partial charge in [0.15, 0.2) is 6.10 Å². The highest BCUT2D eigenvalue weighted by Crippen LogP contribution is 2.35. The lowest BCUT2D eigenvalue weighted by Crippen LogP contribution is -2.55. The Balaban J connectivity index is 1.72. The first kappa shape index (κ1) is 18.6. The Hall–Kier alpha value is -2.74. The van der Waals surface area contributed by atoms with Gasteiger partial charge in [0, 0.05) is 43.1 Å². The van der Waals surface area contributed by atoms with Crippen LogP contribution in [0.4, 0.5) is 10.1 Å². The van der Waals surface area contributed by atoms with Crippen molar-refractivity contribution in [1.29, 1.82) is 0 Å². The topological polar surface area (TPSA) is 67.7 Å². The van der Waals surface area contributed by atoms with E-state index < -0.39 is 12.1 Å². The third-order valence-electron chi connectivity index (χ3n) is 5.44. The lowest BCUT2D eigenvalue weighted by Gasteiger charge is -2.42. The van der Waals surface area contributed by atoms with E-state index >= 15 is 0 Å². The van der Waals surface area contributed by atoms with E-state index in [9.17, 15) is 14.0 Å². The predicted octanol–water partition coefficient (Wildman–Crippen LogP) is 1.83. The van der Waals surface area contributed by atoms with E-state index in [-0.39, 0.29) is 24.2 Å². The number of hydrogen-bond donors (Lipinski definition) is 0. The number of anilines is 1. The van der Waals surface area contributed by atoms with Crippen molar-refractivity contribution < 1.29 is 18.7 Å².